The second-order valence-corrected chi connectivity index (χ2v) is 13.6. The van der Waals surface area contributed by atoms with Crippen molar-refractivity contribution in [1.82, 2.24) is 19.4 Å². The lowest BCUT2D eigenvalue weighted by atomic mass is 9.93. The Balaban J connectivity index is 1.22. The van der Waals surface area contributed by atoms with E-state index < -0.39 is 17.5 Å². The molecule has 0 unspecified atom stereocenters. The molecule has 3 heterocycles. The monoisotopic (exact) mass is 681 g/mol. The van der Waals surface area contributed by atoms with Crippen molar-refractivity contribution in [2.45, 2.75) is 58.8 Å². The van der Waals surface area contributed by atoms with Crippen molar-refractivity contribution in [3.8, 4) is 17.4 Å². The maximum absolute atomic E-state index is 16.0. The molecule has 1 saturated heterocycles. The number of hydrogen-bond acceptors (Lipinski definition) is 7. The summed E-state index contributed by atoms with van der Waals surface area (Å²) in [5.41, 5.74) is 2.87. The van der Waals surface area contributed by atoms with Crippen molar-refractivity contribution >= 4 is 22.8 Å². The first kappa shape index (κ1) is 34.5. The summed E-state index contributed by atoms with van der Waals surface area (Å²) >= 11 is 0. The Labute approximate surface area is 291 Å². The second kappa shape index (κ2) is 15.1. The van der Waals surface area contributed by atoms with E-state index in [9.17, 15) is 9.59 Å². The Hall–Kier alpha value is -5.32. The van der Waals surface area contributed by atoms with Gasteiger partial charge in [-0.25, -0.2) is 14.0 Å². The highest BCUT2D eigenvalue weighted by atomic mass is 19.1. The van der Waals surface area contributed by atoms with E-state index >= 15 is 4.39 Å². The maximum atomic E-state index is 16.0. The molecule has 5 aromatic rings. The van der Waals surface area contributed by atoms with Crippen LogP contribution in [0.5, 0.6) is 11.8 Å². The van der Waals surface area contributed by atoms with Crippen LogP contribution in [0.3, 0.4) is 0 Å². The van der Waals surface area contributed by atoms with E-state index in [1.54, 1.807) is 25.2 Å². The molecule has 6 rings (SSSR count). The van der Waals surface area contributed by atoms with Gasteiger partial charge in [0.15, 0.2) is 0 Å². The van der Waals surface area contributed by atoms with Crippen LogP contribution in [0.2, 0.25) is 0 Å². The fourth-order valence-corrected chi connectivity index (χ4v) is 6.20. The van der Waals surface area contributed by atoms with Gasteiger partial charge >= 0.3 is 11.8 Å². The molecule has 0 bridgehead atoms. The first-order valence-corrected chi connectivity index (χ1v) is 17.0. The highest BCUT2D eigenvalue weighted by Crippen LogP contribution is 2.33. The number of imidazole rings is 1. The standard InChI is InChI=1S/C39H44FN5O5/c1-39(2,3)50-37(46)41-20-17-27-18-21-44(22-19-27)32-24-33-34(23-30(32)40)45(38(47)43(33)4)31-15-16-35(48-25-28-11-7-5-8-12-28)42-36(31)49-26-29-13-9-6-10-14-29/h5-16,23-24,27H,17-22,25-26H2,1-4H3,(H,41,46). The van der Waals surface area contributed by atoms with Gasteiger partial charge < -0.3 is 24.4 Å². The van der Waals surface area contributed by atoms with E-state index in [2.05, 4.69) is 10.3 Å². The third kappa shape index (κ3) is 8.27. The molecule has 1 N–H and O–H groups in total. The molecule has 1 aliphatic heterocycles. The van der Waals surface area contributed by atoms with Crippen LogP contribution in [0.25, 0.3) is 16.7 Å². The van der Waals surface area contributed by atoms with Crippen LogP contribution in [0.1, 0.15) is 51.2 Å². The van der Waals surface area contributed by atoms with E-state index in [4.69, 9.17) is 14.2 Å². The molecule has 11 heteroatoms. The predicted octanol–water partition coefficient (Wildman–Crippen LogP) is 7.15. The Bertz CT molecular complexity index is 1980. The maximum Gasteiger partial charge on any atom is 0.407 e. The van der Waals surface area contributed by atoms with Crippen LogP contribution in [0.4, 0.5) is 14.9 Å². The number of alkyl carbamates (subject to hydrolysis) is 1. The number of fused-ring (bicyclic) bond motifs is 1. The number of pyridine rings is 1. The molecule has 10 nitrogen and oxygen atoms in total. The summed E-state index contributed by atoms with van der Waals surface area (Å²) in [6.07, 6.45) is 2.13. The molecule has 1 amide bonds. The molecule has 2 aromatic heterocycles. The smallest absolute Gasteiger partial charge is 0.407 e. The third-order valence-corrected chi connectivity index (χ3v) is 8.80. The van der Waals surface area contributed by atoms with Gasteiger partial charge in [-0.2, -0.15) is 4.98 Å². The lowest BCUT2D eigenvalue weighted by Crippen LogP contribution is -2.37. The summed E-state index contributed by atoms with van der Waals surface area (Å²) in [7, 11) is 1.68. The van der Waals surface area contributed by atoms with Crippen molar-refractivity contribution in [3.63, 3.8) is 0 Å². The number of amides is 1. The number of nitrogens with one attached hydrogen (secondary N) is 1. The molecule has 3 aromatic carbocycles. The molecule has 1 fully saturated rings. The summed E-state index contributed by atoms with van der Waals surface area (Å²) in [5.74, 6) is 0.525. The summed E-state index contributed by atoms with van der Waals surface area (Å²) in [6, 6.07) is 26.0. The SMILES string of the molecule is Cn1c(=O)n(-c2ccc(OCc3ccccc3)nc2OCc2ccccc2)c2cc(F)c(N3CCC(CCNC(=O)OC(C)(C)C)CC3)cc21. The number of benzene rings is 3. The third-order valence-electron chi connectivity index (χ3n) is 8.80. The summed E-state index contributed by atoms with van der Waals surface area (Å²) in [5, 5.41) is 2.83. The number of carbonyl (C=O) groups is 1. The Morgan fingerprint density at radius 2 is 1.52 bits per heavy atom. The first-order valence-electron chi connectivity index (χ1n) is 17.0. The van der Waals surface area contributed by atoms with Crippen molar-refractivity contribution in [2.75, 3.05) is 24.5 Å². The molecule has 0 spiro atoms. The summed E-state index contributed by atoms with van der Waals surface area (Å²) in [6.45, 7) is 7.90. The van der Waals surface area contributed by atoms with Gasteiger partial charge in [0.1, 0.15) is 30.3 Å². The summed E-state index contributed by atoms with van der Waals surface area (Å²) in [4.78, 5) is 32.5. The average Bonchev–Trinajstić information content (AvgIpc) is 3.34. The van der Waals surface area contributed by atoms with Crippen molar-refractivity contribution in [2.24, 2.45) is 13.0 Å². The molecule has 50 heavy (non-hydrogen) atoms. The molecular formula is C39H44FN5O5. The van der Waals surface area contributed by atoms with Gasteiger partial charge in [-0.3, -0.25) is 9.13 Å². The van der Waals surface area contributed by atoms with Gasteiger partial charge in [0.05, 0.1) is 16.7 Å². The van der Waals surface area contributed by atoms with E-state index in [-0.39, 0.29) is 18.2 Å². The lowest BCUT2D eigenvalue weighted by molar-refractivity contribution is 0.0524. The number of hydrogen-bond donors (Lipinski definition) is 1. The lowest BCUT2D eigenvalue weighted by Gasteiger charge is -2.34. The predicted molar refractivity (Wildman–Crippen MR) is 192 cm³/mol. The Morgan fingerprint density at radius 3 is 2.16 bits per heavy atom. The minimum Gasteiger partial charge on any atom is -0.473 e. The number of aryl methyl sites for hydroxylation is 1. The van der Waals surface area contributed by atoms with Gasteiger partial charge in [-0.15, -0.1) is 0 Å². The van der Waals surface area contributed by atoms with Crippen molar-refractivity contribution in [3.05, 3.63) is 112 Å². The van der Waals surface area contributed by atoms with Crippen LogP contribution in [0.15, 0.2) is 89.7 Å². The van der Waals surface area contributed by atoms with Gasteiger partial charge in [0, 0.05) is 38.8 Å². The van der Waals surface area contributed by atoms with Gasteiger partial charge in [-0.05, 0) is 69.2 Å². The normalized spacial score (nSPS) is 13.7. The number of nitrogens with zero attached hydrogens (tertiary/aromatic N) is 4. The zero-order chi connectivity index (χ0) is 35.3. The molecule has 0 radical (unpaired) electrons. The second-order valence-electron chi connectivity index (χ2n) is 13.6. The van der Waals surface area contributed by atoms with Crippen LogP contribution in [-0.4, -0.2) is 45.4 Å². The molecule has 0 saturated carbocycles. The minimum absolute atomic E-state index is 0.196. The van der Waals surface area contributed by atoms with Crippen LogP contribution in [-0.2, 0) is 25.0 Å². The highest BCUT2D eigenvalue weighted by Gasteiger charge is 2.25. The van der Waals surface area contributed by atoms with Gasteiger partial charge in [0.25, 0.3) is 0 Å². The molecule has 0 aliphatic carbocycles. The number of halogens is 1. The largest absolute Gasteiger partial charge is 0.473 e. The number of piperidine rings is 1. The highest BCUT2D eigenvalue weighted by molar-refractivity contribution is 5.83. The van der Waals surface area contributed by atoms with Crippen molar-refractivity contribution < 1.29 is 23.4 Å². The number of rotatable bonds is 11. The zero-order valence-corrected chi connectivity index (χ0v) is 29.0. The number of ether oxygens (including phenoxy) is 3. The van der Waals surface area contributed by atoms with Crippen LogP contribution in [0, 0.1) is 11.7 Å². The zero-order valence-electron chi connectivity index (χ0n) is 29.0. The number of anilines is 1. The van der Waals surface area contributed by atoms with Crippen molar-refractivity contribution in [1.29, 1.82) is 0 Å². The fraction of sp³-hybridized carbons (Fsp3) is 0.359. The van der Waals surface area contributed by atoms with E-state index in [1.807, 2.05) is 86.3 Å². The first-order chi connectivity index (χ1) is 24.1. The Morgan fingerprint density at radius 1 is 0.880 bits per heavy atom. The minimum atomic E-state index is -0.539. The fourth-order valence-electron chi connectivity index (χ4n) is 6.20. The Kier molecular flexibility index (Phi) is 10.4. The average molecular weight is 682 g/mol. The van der Waals surface area contributed by atoms with E-state index in [0.717, 1.165) is 30.4 Å². The molecule has 1 aliphatic rings. The van der Waals surface area contributed by atoms with Gasteiger partial charge in [0.2, 0.25) is 11.8 Å². The van der Waals surface area contributed by atoms with Gasteiger partial charge in [-0.1, -0.05) is 60.7 Å². The van der Waals surface area contributed by atoms with Crippen LogP contribution >= 0.6 is 0 Å². The van der Waals surface area contributed by atoms with E-state index in [1.165, 1.54) is 15.2 Å². The number of carbonyl (C=O) groups excluding carboxylic acids is 1. The number of aromatic nitrogens is 3. The van der Waals surface area contributed by atoms with Crippen LogP contribution < -0.4 is 25.4 Å². The van der Waals surface area contributed by atoms with E-state index in [0.29, 0.717) is 60.4 Å². The quantitative estimate of drug-likeness (QED) is 0.158. The summed E-state index contributed by atoms with van der Waals surface area (Å²) < 4.78 is 36.5. The molecular weight excluding hydrogens is 637 g/mol. The molecule has 262 valence electrons. The topological polar surface area (TPSA) is 99.9 Å². The molecule has 0 atom stereocenters.